The summed E-state index contributed by atoms with van der Waals surface area (Å²) in [4.78, 5) is 50.9. The Morgan fingerprint density at radius 2 is 1.92 bits per heavy atom. The van der Waals surface area contributed by atoms with E-state index in [9.17, 15) is 19.2 Å². The molecule has 0 aliphatic carbocycles. The molecule has 2 aliphatic rings. The Morgan fingerprint density at radius 1 is 1.28 bits per heavy atom. The fraction of sp³-hybridized carbons (Fsp3) is 0.312. The van der Waals surface area contributed by atoms with Gasteiger partial charge in [-0.2, -0.15) is 5.10 Å². The number of rotatable bonds is 2. The van der Waals surface area contributed by atoms with Crippen molar-refractivity contribution < 1.29 is 23.9 Å². The number of imide groups is 1. The van der Waals surface area contributed by atoms with Crippen LogP contribution in [0.15, 0.2) is 29.4 Å². The van der Waals surface area contributed by atoms with Gasteiger partial charge in [0.05, 0.1) is 17.8 Å². The van der Waals surface area contributed by atoms with E-state index in [-0.39, 0.29) is 16.4 Å². The van der Waals surface area contributed by atoms with Crippen molar-refractivity contribution in [1.29, 1.82) is 0 Å². The molecule has 2 heterocycles. The second-order valence-electron chi connectivity index (χ2n) is 5.82. The predicted octanol–water partition coefficient (Wildman–Crippen LogP) is 0.979. The molecule has 0 aromatic heterocycles. The van der Waals surface area contributed by atoms with E-state index in [1.54, 1.807) is 12.1 Å². The number of esters is 1. The molecule has 3 amide bonds. The third kappa shape index (κ3) is 2.17. The number of halogens is 1. The Labute approximate surface area is 148 Å². The zero-order valence-corrected chi connectivity index (χ0v) is 14.4. The van der Waals surface area contributed by atoms with Crippen LogP contribution < -0.4 is 4.90 Å². The fourth-order valence-corrected chi connectivity index (χ4v) is 3.43. The molecule has 3 rings (SSSR count). The van der Waals surface area contributed by atoms with Crippen LogP contribution in [0.2, 0.25) is 5.02 Å². The van der Waals surface area contributed by atoms with Gasteiger partial charge in [0.25, 0.3) is 5.91 Å². The minimum atomic E-state index is -1.65. The first-order chi connectivity index (χ1) is 11.7. The number of hydrogen-bond donors (Lipinski definition) is 0. The molecule has 9 heteroatoms. The first-order valence-corrected chi connectivity index (χ1v) is 7.73. The lowest BCUT2D eigenvalue weighted by Gasteiger charge is -2.28. The van der Waals surface area contributed by atoms with Crippen molar-refractivity contribution >= 4 is 46.7 Å². The number of benzene rings is 1. The summed E-state index contributed by atoms with van der Waals surface area (Å²) in [6.07, 6.45) is 0. The standard InChI is InChI=1S/C16H14ClN3O5/c1-8(21)20-16(2)11(12(18-20)14(23)25-3)13(22)19(15(16)24)10-7-5-4-6-9(10)17/h4-7,11H,1-3H3. The molecule has 2 unspecified atom stereocenters. The number of para-hydroxylation sites is 1. The van der Waals surface area contributed by atoms with E-state index in [0.717, 1.165) is 17.0 Å². The smallest absolute Gasteiger partial charge is 0.355 e. The number of ether oxygens (including phenoxy) is 1. The van der Waals surface area contributed by atoms with E-state index in [2.05, 4.69) is 9.84 Å². The maximum Gasteiger partial charge on any atom is 0.355 e. The first kappa shape index (κ1) is 17.1. The van der Waals surface area contributed by atoms with Gasteiger partial charge in [0.2, 0.25) is 11.8 Å². The summed E-state index contributed by atoms with van der Waals surface area (Å²) in [5.74, 6) is -4.08. The molecule has 130 valence electrons. The zero-order valence-electron chi connectivity index (χ0n) is 13.6. The van der Waals surface area contributed by atoms with Crippen LogP contribution in [0, 0.1) is 5.92 Å². The second-order valence-corrected chi connectivity index (χ2v) is 6.23. The molecular weight excluding hydrogens is 350 g/mol. The Bertz CT molecular complexity index is 852. The maximum atomic E-state index is 13.1. The van der Waals surface area contributed by atoms with Gasteiger partial charge in [0.1, 0.15) is 5.92 Å². The summed E-state index contributed by atoms with van der Waals surface area (Å²) >= 11 is 6.11. The summed E-state index contributed by atoms with van der Waals surface area (Å²) in [7, 11) is 1.13. The number of fused-ring (bicyclic) bond motifs is 1. The Balaban J connectivity index is 2.18. The highest BCUT2D eigenvalue weighted by Gasteiger charge is 2.68. The summed E-state index contributed by atoms with van der Waals surface area (Å²) in [6, 6.07) is 6.32. The van der Waals surface area contributed by atoms with E-state index in [4.69, 9.17) is 11.6 Å². The summed E-state index contributed by atoms with van der Waals surface area (Å²) in [5.41, 5.74) is -1.75. The van der Waals surface area contributed by atoms with Gasteiger partial charge in [-0.15, -0.1) is 0 Å². The number of hydrogen-bond acceptors (Lipinski definition) is 6. The molecule has 2 atom stereocenters. The molecule has 1 fully saturated rings. The van der Waals surface area contributed by atoms with Gasteiger partial charge in [-0.1, -0.05) is 23.7 Å². The van der Waals surface area contributed by atoms with E-state index >= 15 is 0 Å². The Kier molecular flexibility index (Phi) is 3.87. The van der Waals surface area contributed by atoms with Crippen molar-refractivity contribution in [2.24, 2.45) is 11.0 Å². The van der Waals surface area contributed by atoms with Crippen LogP contribution in [0.3, 0.4) is 0 Å². The molecule has 25 heavy (non-hydrogen) atoms. The van der Waals surface area contributed by atoms with Gasteiger partial charge in [0, 0.05) is 6.92 Å². The highest BCUT2D eigenvalue weighted by atomic mass is 35.5. The highest BCUT2D eigenvalue weighted by Crippen LogP contribution is 2.44. The van der Waals surface area contributed by atoms with Gasteiger partial charge in [-0.05, 0) is 19.1 Å². The second kappa shape index (κ2) is 5.66. The van der Waals surface area contributed by atoms with E-state index in [1.807, 2.05) is 0 Å². The minimum absolute atomic E-state index is 0.183. The van der Waals surface area contributed by atoms with Gasteiger partial charge >= 0.3 is 5.97 Å². The lowest BCUT2D eigenvalue weighted by Crippen LogP contribution is -2.52. The van der Waals surface area contributed by atoms with Crippen molar-refractivity contribution in [3.05, 3.63) is 29.3 Å². The normalized spacial score (nSPS) is 25.1. The molecule has 8 nitrogen and oxygen atoms in total. The third-order valence-corrected chi connectivity index (χ3v) is 4.69. The van der Waals surface area contributed by atoms with Crippen LogP contribution >= 0.6 is 11.6 Å². The molecule has 0 saturated carbocycles. The SMILES string of the molecule is COC(=O)C1=NN(C(C)=O)C2(C)C(=O)N(c3ccccc3Cl)C(=O)C12. The van der Waals surface area contributed by atoms with Crippen LogP contribution in [0.4, 0.5) is 5.69 Å². The Morgan fingerprint density at radius 3 is 2.48 bits per heavy atom. The molecule has 0 spiro atoms. The number of hydrazone groups is 1. The van der Waals surface area contributed by atoms with E-state index in [0.29, 0.717) is 0 Å². The highest BCUT2D eigenvalue weighted by molar-refractivity contribution is 6.48. The number of carbonyl (C=O) groups is 4. The van der Waals surface area contributed by atoms with E-state index in [1.165, 1.54) is 26.0 Å². The van der Waals surface area contributed by atoms with Crippen LogP contribution in [0.25, 0.3) is 0 Å². The average Bonchev–Trinajstić information content (AvgIpc) is 2.99. The predicted molar refractivity (Wildman–Crippen MR) is 87.8 cm³/mol. The number of amides is 3. The summed E-state index contributed by atoms with van der Waals surface area (Å²) < 4.78 is 4.65. The van der Waals surface area contributed by atoms with E-state index < -0.39 is 35.1 Å². The van der Waals surface area contributed by atoms with Gasteiger partial charge in [-0.3, -0.25) is 14.4 Å². The van der Waals surface area contributed by atoms with Crippen molar-refractivity contribution in [3.8, 4) is 0 Å². The average molecular weight is 364 g/mol. The van der Waals surface area contributed by atoms with Crippen LogP contribution in [-0.4, -0.2) is 47.1 Å². The van der Waals surface area contributed by atoms with Crippen molar-refractivity contribution in [3.63, 3.8) is 0 Å². The molecule has 1 saturated heterocycles. The molecule has 0 bridgehead atoms. The first-order valence-electron chi connectivity index (χ1n) is 7.35. The monoisotopic (exact) mass is 363 g/mol. The molecule has 0 radical (unpaired) electrons. The summed E-state index contributed by atoms with van der Waals surface area (Å²) in [6.45, 7) is 2.59. The number of methoxy groups -OCH3 is 1. The largest absolute Gasteiger partial charge is 0.464 e. The van der Waals surface area contributed by atoms with Gasteiger partial charge in [-0.25, -0.2) is 14.7 Å². The Hall–Kier alpha value is -2.74. The van der Waals surface area contributed by atoms with Crippen LogP contribution in [0.1, 0.15) is 13.8 Å². The lowest BCUT2D eigenvalue weighted by atomic mass is 9.85. The van der Waals surface area contributed by atoms with Gasteiger partial charge < -0.3 is 4.74 Å². The molecule has 0 N–H and O–H groups in total. The zero-order chi connectivity index (χ0) is 18.5. The lowest BCUT2D eigenvalue weighted by molar-refractivity contribution is -0.142. The topological polar surface area (TPSA) is 96.3 Å². The summed E-state index contributed by atoms with van der Waals surface area (Å²) in [5, 5.41) is 4.95. The number of anilines is 1. The van der Waals surface area contributed by atoms with Crippen molar-refractivity contribution in [1.82, 2.24) is 5.01 Å². The van der Waals surface area contributed by atoms with Crippen LogP contribution in [-0.2, 0) is 23.9 Å². The maximum absolute atomic E-state index is 13.1. The van der Waals surface area contributed by atoms with Crippen molar-refractivity contribution in [2.75, 3.05) is 12.0 Å². The van der Waals surface area contributed by atoms with Crippen molar-refractivity contribution in [2.45, 2.75) is 19.4 Å². The number of carbonyl (C=O) groups excluding carboxylic acids is 4. The number of nitrogens with zero attached hydrogens (tertiary/aromatic N) is 3. The molecule has 1 aromatic rings. The van der Waals surface area contributed by atoms with Crippen LogP contribution in [0.5, 0.6) is 0 Å². The third-order valence-electron chi connectivity index (χ3n) is 4.37. The molecule has 1 aromatic carbocycles. The fourth-order valence-electron chi connectivity index (χ4n) is 3.21. The molecular formula is C16H14ClN3O5. The minimum Gasteiger partial charge on any atom is -0.464 e. The quantitative estimate of drug-likeness (QED) is 0.576. The van der Waals surface area contributed by atoms with Gasteiger partial charge in [0.15, 0.2) is 11.3 Å². The molecule has 2 aliphatic heterocycles.